The van der Waals surface area contributed by atoms with Crippen LogP contribution in [0.15, 0.2) is 47.8 Å². The van der Waals surface area contributed by atoms with E-state index in [1.807, 2.05) is 18.2 Å². The molecule has 2 heterocycles. The summed E-state index contributed by atoms with van der Waals surface area (Å²) in [6.07, 6.45) is 3.37. The second-order valence-corrected chi connectivity index (χ2v) is 3.44. The molecule has 0 radical (unpaired) electrons. The molecule has 0 aliphatic carbocycles. The predicted molar refractivity (Wildman–Crippen MR) is 64.7 cm³/mol. The SMILES string of the molecule is C/C(=N/NC(=O)c1ccc[nH]1)c1ccccn1. The summed E-state index contributed by atoms with van der Waals surface area (Å²) in [6, 6.07) is 8.97. The number of amides is 1. The molecule has 5 heteroatoms. The van der Waals surface area contributed by atoms with Crippen molar-refractivity contribution in [3.63, 3.8) is 0 Å². The third-order valence-electron chi connectivity index (χ3n) is 2.20. The van der Waals surface area contributed by atoms with Crippen molar-refractivity contribution in [1.29, 1.82) is 0 Å². The van der Waals surface area contributed by atoms with E-state index in [4.69, 9.17) is 0 Å². The minimum absolute atomic E-state index is 0.273. The number of hydrazone groups is 1. The van der Waals surface area contributed by atoms with Crippen LogP contribution >= 0.6 is 0 Å². The van der Waals surface area contributed by atoms with Gasteiger partial charge in [-0.3, -0.25) is 9.78 Å². The van der Waals surface area contributed by atoms with Gasteiger partial charge in [-0.25, -0.2) is 5.43 Å². The van der Waals surface area contributed by atoms with Crippen LogP contribution in [-0.2, 0) is 0 Å². The maximum absolute atomic E-state index is 11.6. The number of H-pyrrole nitrogens is 1. The first-order valence-electron chi connectivity index (χ1n) is 5.17. The van der Waals surface area contributed by atoms with Gasteiger partial charge in [0.05, 0.1) is 11.4 Å². The fourth-order valence-electron chi connectivity index (χ4n) is 1.30. The molecule has 0 aliphatic rings. The van der Waals surface area contributed by atoms with E-state index in [-0.39, 0.29) is 5.91 Å². The first-order valence-corrected chi connectivity index (χ1v) is 5.17. The average molecular weight is 228 g/mol. The Kier molecular flexibility index (Phi) is 3.30. The number of nitrogens with zero attached hydrogens (tertiary/aromatic N) is 2. The molecule has 5 nitrogen and oxygen atoms in total. The zero-order chi connectivity index (χ0) is 12.1. The van der Waals surface area contributed by atoms with Gasteiger partial charge in [0.25, 0.3) is 5.91 Å². The number of aromatic nitrogens is 2. The summed E-state index contributed by atoms with van der Waals surface area (Å²) in [7, 11) is 0. The van der Waals surface area contributed by atoms with Crippen molar-refractivity contribution in [3.05, 3.63) is 54.1 Å². The maximum Gasteiger partial charge on any atom is 0.287 e. The number of carbonyl (C=O) groups is 1. The largest absolute Gasteiger partial charge is 0.357 e. The number of hydrogen-bond donors (Lipinski definition) is 2. The van der Waals surface area contributed by atoms with E-state index in [2.05, 4.69) is 20.5 Å². The standard InChI is InChI=1S/C12H12N4O/c1-9(10-5-2-3-7-13-10)15-16-12(17)11-6-4-8-14-11/h2-8,14H,1H3,(H,16,17)/b15-9-. The summed E-state index contributed by atoms with van der Waals surface area (Å²) >= 11 is 0. The predicted octanol–water partition coefficient (Wildman–Crippen LogP) is 1.56. The van der Waals surface area contributed by atoms with Gasteiger partial charge in [-0.15, -0.1) is 0 Å². The monoisotopic (exact) mass is 228 g/mol. The van der Waals surface area contributed by atoms with Gasteiger partial charge in [0.1, 0.15) is 5.69 Å². The van der Waals surface area contributed by atoms with Gasteiger partial charge in [-0.1, -0.05) is 6.07 Å². The topological polar surface area (TPSA) is 70.1 Å². The minimum atomic E-state index is -0.273. The van der Waals surface area contributed by atoms with Crippen LogP contribution in [0, 0.1) is 0 Å². The first-order chi connectivity index (χ1) is 8.27. The molecule has 0 saturated heterocycles. The molecule has 0 atom stereocenters. The van der Waals surface area contributed by atoms with Gasteiger partial charge >= 0.3 is 0 Å². The first kappa shape index (κ1) is 11.1. The molecule has 0 aliphatic heterocycles. The molecule has 2 aromatic rings. The minimum Gasteiger partial charge on any atom is -0.357 e. The van der Waals surface area contributed by atoms with Gasteiger partial charge in [-0.2, -0.15) is 5.10 Å². The molecule has 0 unspecified atom stereocenters. The van der Waals surface area contributed by atoms with Crippen LogP contribution < -0.4 is 5.43 Å². The molecule has 17 heavy (non-hydrogen) atoms. The van der Waals surface area contributed by atoms with Crippen molar-refractivity contribution in [2.75, 3.05) is 0 Å². The summed E-state index contributed by atoms with van der Waals surface area (Å²) in [5.74, 6) is -0.273. The van der Waals surface area contributed by atoms with Crippen LogP contribution in [-0.4, -0.2) is 21.6 Å². The van der Waals surface area contributed by atoms with Crippen molar-refractivity contribution >= 4 is 11.6 Å². The van der Waals surface area contributed by atoms with E-state index in [1.54, 1.807) is 31.5 Å². The van der Waals surface area contributed by atoms with E-state index < -0.39 is 0 Å². The molecule has 2 N–H and O–H groups in total. The fourth-order valence-corrected chi connectivity index (χ4v) is 1.30. The summed E-state index contributed by atoms with van der Waals surface area (Å²) < 4.78 is 0. The van der Waals surface area contributed by atoms with E-state index in [0.717, 1.165) is 5.69 Å². The Morgan fingerprint density at radius 3 is 2.88 bits per heavy atom. The van der Waals surface area contributed by atoms with Crippen LogP contribution in [0.3, 0.4) is 0 Å². The van der Waals surface area contributed by atoms with Crippen molar-refractivity contribution in [2.24, 2.45) is 5.10 Å². The van der Waals surface area contributed by atoms with E-state index >= 15 is 0 Å². The summed E-state index contributed by atoms with van der Waals surface area (Å²) in [4.78, 5) is 18.5. The lowest BCUT2D eigenvalue weighted by molar-refractivity contribution is 0.0950. The number of aromatic amines is 1. The molecule has 0 spiro atoms. The van der Waals surface area contributed by atoms with E-state index in [0.29, 0.717) is 11.4 Å². The van der Waals surface area contributed by atoms with Crippen molar-refractivity contribution in [1.82, 2.24) is 15.4 Å². The van der Waals surface area contributed by atoms with Crippen molar-refractivity contribution in [2.45, 2.75) is 6.92 Å². The molecule has 86 valence electrons. The fraction of sp³-hybridized carbons (Fsp3) is 0.0833. The van der Waals surface area contributed by atoms with Crippen LogP contribution in [0.2, 0.25) is 0 Å². The number of pyridine rings is 1. The third-order valence-corrected chi connectivity index (χ3v) is 2.20. The number of nitrogens with one attached hydrogen (secondary N) is 2. The average Bonchev–Trinajstić information content (AvgIpc) is 2.90. The molecule has 2 rings (SSSR count). The van der Waals surface area contributed by atoms with E-state index in [1.165, 1.54) is 0 Å². The highest BCUT2D eigenvalue weighted by atomic mass is 16.2. The second-order valence-electron chi connectivity index (χ2n) is 3.44. The number of carbonyl (C=O) groups excluding carboxylic acids is 1. The summed E-state index contributed by atoms with van der Waals surface area (Å²) in [6.45, 7) is 1.79. The lowest BCUT2D eigenvalue weighted by Gasteiger charge is -2.00. The van der Waals surface area contributed by atoms with Gasteiger partial charge in [0, 0.05) is 12.4 Å². The smallest absolute Gasteiger partial charge is 0.287 e. The highest BCUT2D eigenvalue weighted by Gasteiger charge is 2.04. The molecule has 0 fully saturated rings. The zero-order valence-electron chi connectivity index (χ0n) is 9.34. The number of hydrogen-bond acceptors (Lipinski definition) is 3. The summed E-state index contributed by atoms with van der Waals surface area (Å²) in [5.41, 5.74) is 4.33. The van der Waals surface area contributed by atoms with Crippen LogP contribution in [0.1, 0.15) is 23.1 Å². The Labute approximate surface area is 98.6 Å². The molecule has 1 amide bonds. The summed E-state index contributed by atoms with van der Waals surface area (Å²) in [5, 5.41) is 3.98. The second kappa shape index (κ2) is 5.07. The molecule has 0 bridgehead atoms. The highest BCUT2D eigenvalue weighted by molar-refractivity contribution is 5.99. The van der Waals surface area contributed by atoms with Crippen LogP contribution in [0.5, 0.6) is 0 Å². The van der Waals surface area contributed by atoms with Gasteiger partial charge < -0.3 is 4.98 Å². The van der Waals surface area contributed by atoms with Gasteiger partial charge in [-0.05, 0) is 31.2 Å². The normalized spacial score (nSPS) is 11.2. The van der Waals surface area contributed by atoms with Crippen molar-refractivity contribution < 1.29 is 4.79 Å². The lowest BCUT2D eigenvalue weighted by Crippen LogP contribution is -2.19. The quantitative estimate of drug-likeness (QED) is 0.618. The maximum atomic E-state index is 11.6. The van der Waals surface area contributed by atoms with Crippen LogP contribution in [0.4, 0.5) is 0 Å². The third kappa shape index (κ3) is 2.78. The van der Waals surface area contributed by atoms with Gasteiger partial charge in [0.15, 0.2) is 0 Å². The molecular formula is C12H12N4O. The molecule has 2 aromatic heterocycles. The molecule has 0 aromatic carbocycles. The Bertz CT molecular complexity index is 517. The molecule has 0 saturated carbocycles. The Balaban J connectivity index is 2.04. The van der Waals surface area contributed by atoms with Crippen LogP contribution in [0.25, 0.3) is 0 Å². The highest BCUT2D eigenvalue weighted by Crippen LogP contribution is 1.97. The Hall–Kier alpha value is -2.43. The zero-order valence-corrected chi connectivity index (χ0v) is 9.34. The van der Waals surface area contributed by atoms with Gasteiger partial charge in [0.2, 0.25) is 0 Å². The Morgan fingerprint density at radius 2 is 2.24 bits per heavy atom. The molecular weight excluding hydrogens is 216 g/mol. The number of rotatable bonds is 3. The lowest BCUT2D eigenvalue weighted by atomic mass is 10.3. The van der Waals surface area contributed by atoms with Crippen molar-refractivity contribution in [3.8, 4) is 0 Å². The van der Waals surface area contributed by atoms with E-state index in [9.17, 15) is 4.79 Å². The Morgan fingerprint density at radius 1 is 1.35 bits per heavy atom.